The summed E-state index contributed by atoms with van der Waals surface area (Å²) in [5.74, 6) is 0.0955. The van der Waals surface area contributed by atoms with Crippen LogP contribution in [0.4, 0.5) is 5.69 Å². The number of carbonyl (C=O) groups excluding carboxylic acids is 2. The molecule has 5 heteroatoms. The van der Waals surface area contributed by atoms with Gasteiger partial charge in [-0.1, -0.05) is 23.8 Å². The zero-order valence-corrected chi connectivity index (χ0v) is 14.6. The zero-order chi connectivity index (χ0) is 17.4. The number of hydrogen-bond donors (Lipinski definition) is 1. The molecule has 24 heavy (non-hydrogen) atoms. The predicted molar refractivity (Wildman–Crippen MR) is 96.9 cm³/mol. The number of allylic oxidation sites excluding steroid dienone is 1. The largest absolute Gasteiger partial charge is 0.368 e. The van der Waals surface area contributed by atoms with Crippen molar-refractivity contribution in [2.24, 2.45) is 0 Å². The summed E-state index contributed by atoms with van der Waals surface area (Å²) < 4.78 is 0. The minimum Gasteiger partial charge on any atom is -0.368 e. The third kappa shape index (κ3) is 5.72. The summed E-state index contributed by atoms with van der Waals surface area (Å²) in [4.78, 5) is 28.0. The van der Waals surface area contributed by atoms with Crippen LogP contribution in [0.2, 0.25) is 0 Å². The Balaban J connectivity index is 1.66. The highest BCUT2D eigenvalue weighted by atomic mass is 16.2. The van der Waals surface area contributed by atoms with E-state index in [-0.39, 0.29) is 11.8 Å². The smallest absolute Gasteiger partial charge is 0.243 e. The Bertz CT molecular complexity index is 572. The number of nitrogens with zero attached hydrogens (tertiary/aromatic N) is 2. The lowest BCUT2D eigenvalue weighted by Crippen LogP contribution is -2.48. The molecule has 1 aromatic rings. The molecule has 0 aliphatic carbocycles. The fourth-order valence-electron chi connectivity index (χ4n) is 2.78. The quantitative estimate of drug-likeness (QED) is 0.643. The highest BCUT2D eigenvalue weighted by Gasteiger charge is 2.20. The van der Waals surface area contributed by atoms with Crippen molar-refractivity contribution < 1.29 is 9.59 Å². The fourth-order valence-corrected chi connectivity index (χ4v) is 2.78. The highest BCUT2D eigenvalue weighted by Crippen LogP contribution is 2.15. The van der Waals surface area contributed by atoms with E-state index in [9.17, 15) is 9.59 Å². The van der Waals surface area contributed by atoms with Crippen LogP contribution >= 0.6 is 0 Å². The molecule has 0 saturated carbocycles. The molecular formula is C19H27N3O2. The van der Waals surface area contributed by atoms with E-state index in [1.165, 1.54) is 5.69 Å². The first-order valence-electron chi connectivity index (χ1n) is 8.57. The number of amides is 2. The molecule has 1 N–H and O–H groups in total. The van der Waals surface area contributed by atoms with Gasteiger partial charge in [0, 0.05) is 50.9 Å². The lowest BCUT2D eigenvalue weighted by molar-refractivity contribution is -0.131. The average molecular weight is 329 g/mol. The Labute approximate surface area is 144 Å². The molecule has 2 amide bonds. The van der Waals surface area contributed by atoms with Crippen molar-refractivity contribution in [2.45, 2.75) is 26.7 Å². The Morgan fingerprint density at radius 1 is 1.08 bits per heavy atom. The molecule has 0 bridgehead atoms. The first-order valence-corrected chi connectivity index (χ1v) is 8.57. The Kier molecular flexibility index (Phi) is 6.85. The molecule has 1 aromatic carbocycles. The minimum absolute atomic E-state index is 0.0843. The molecule has 1 heterocycles. The van der Waals surface area contributed by atoms with E-state index in [4.69, 9.17) is 0 Å². The van der Waals surface area contributed by atoms with Gasteiger partial charge in [-0.05, 0) is 32.4 Å². The first-order chi connectivity index (χ1) is 11.6. The number of piperazine rings is 1. The van der Waals surface area contributed by atoms with Gasteiger partial charge in [0.1, 0.15) is 0 Å². The number of anilines is 1. The molecule has 0 atom stereocenters. The summed E-state index contributed by atoms with van der Waals surface area (Å²) in [6, 6.07) is 10.3. The van der Waals surface area contributed by atoms with Crippen LogP contribution in [0.15, 0.2) is 42.0 Å². The number of carbonyl (C=O) groups is 2. The minimum atomic E-state index is -0.0843. The zero-order valence-electron chi connectivity index (χ0n) is 14.6. The number of rotatable bonds is 6. The van der Waals surface area contributed by atoms with E-state index < -0.39 is 0 Å². The topological polar surface area (TPSA) is 52.7 Å². The van der Waals surface area contributed by atoms with Crippen LogP contribution in [0, 0.1) is 0 Å². The maximum atomic E-state index is 12.2. The van der Waals surface area contributed by atoms with Gasteiger partial charge >= 0.3 is 0 Å². The van der Waals surface area contributed by atoms with Gasteiger partial charge < -0.3 is 15.1 Å². The van der Waals surface area contributed by atoms with Crippen molar-refractivity contribution in [3.8, 4) is 0 Å². The Morgan fingerprint density at radius 2 is 1.75 bits per heavy atom. The summed E-state index contributed by atoms with van der Waals surface area (Å²) in [7, 11) is 0. The highest BCUT2D eigenvalue weighted by molar-refractivity contribution is 5.88. The van der Waals surface area contributed by atoms with Gasteiger partial charge in [0.2, 0.25) is 11.8 Å². The molecule has 1 fully saturated rings. The van der Waals surface area contributed by atoms with Crippen molar-refractivity contribution in [2.75, 3.05) is 37.6 Å². The van der Waals surface area contributed by atoms with E-state index >= 15 is 0 Å². The third-order valence-electron chi connectivity index (χ3n) is 4.04. The van der Waals surface area contributed by atoms with E-state index in [1.54, 1.807) is 6.08 Å². The monoisotopic (exact) mass is 329 g/mol. The van der Waals surface area contributed by atoms with Crippen molar-refractivity contribution in [1.29, 1.82) is 0 Å². The van der Waals surface area contributed by atoms with E-state index in [0.717, 1.165) is 31.8 Å². The van der Waals surface area contributed by atoms with Gasteiger partial charge in [0.05, 0.1) is 0 Å². The second-order valence-corrected chi connectivity index (χ2v) is 6.32. The molecule has 0 radical (unpaired) electrons. The summed E-state index contributed by atoms with van der Waals surface area (Å²) in [5.41, 5.74) is 2.19. The molecule has 1 saturated heterocycles. The lowest BCUT2D eigenvalue weighted by Gasteiger charge is -2.36. The summed E-state index contributed by atoms with van der Waals surface area (Å²) in [6.07, 6.45) is 2.74. The summed E-state index contributed by atoms with van der Waals surface area (Å²) >= 11 is 0. The molecule has 2 rings (SSSR count). The second kappa shape index (κ2) is 9.11. The SMILES string of the molecule is CC(C)=CC(=O)NCCCC(=O)N1CCN(c2ccccc2)CC1. The van der Waals surface area contributed by atoms with Crippen LogP contribution in [0.1, 0.15) is 26.7 Å². The predicted octanol–water partition coefficient (Wildman–Crippen LogP) is 2.20. The Morgan fingerprint density at radius 3 is 2.38 bits per heavy atom. The van der Waals surface area contributed by atoms with Gasteiger partial charge in [-0.3, -0.25) is 9.59 Å². The number of hydrogen-bond acceptors (Lipinski definition) is 3. The van der Waals surface area contributed by atoms with Gasteiger partial charge in [0.25, 0.3) is 0 Å². The van der Waals surface area contributed by atoms with Crippen molar-refractivity contribution in [1.82, 2.24) is 10.2 Å². The van der Waals surface area contributed by atoms with Crippen LogP contribution in [0.5, 0.6) is 0 Å². The van der Waals surface area contributed by atoms with Crippen LogP contribution < -0.4 is 10.2 Å². The van der Waals surface area contributed by atoms with Crippen molar-refractivity contribution >= 4 is 17.5 Å². The van der Waals surface area contributed by atoms with Crippen LogP contribution in [-0.2, 0) is 9.59 Å². The van der Waals surface area contributed by atoms with Gasteiger partial charge in [0.15, 0.2) is 0 Å². The normalized spacial score (nSPS) is 14.2. The third-order valence-corrected chi connectivity index (χ3v) is 4.04. The van der Waals surface area contributed by atoms with E-state index in [1.807, 2.05) is 36.9 Å². The van der Waals surface area contributed by atoms with Crippen LogP contribution in [-0.4, -0.2) is 49.4 Å². The molecule has 1 aliphatic heterocycles. The number of benzene rings is 1. The molecule has 0 spiro atoms. The van der Waals surface area contributed by atoms with Crippen molar-refractivity contribution in [3.05, 3.63) is 42.0 Å². The van der Waals surface area contributed by atoms with E-state index in [0.29, 0.717) is 19.4 Å². The molecule has 0 unspecified atom stereocenters. The Hall–Kier alpha value is -2.30. The molecular weight excluding hydrogens is 302 g/mol. The second-order valence-electron chi connectivity index (χ2n) is 6.32. The summed E-state index contributed by atoms with van der Waals surface area (Å²) in [5, 5.41) is 2.81. The van der Waals surface area contributed by atoms with Gasteiger partial charge in [-0.15, -0.1) is 0 Å². The van der Waals surface area contributed by atoms with Gasteiger partial charge in [-0.25, -0.2) is 0 Å². The standard InChI is InChI=1S/C19H27N3O2/c1-16(2)15-18(23)20-10-6-9-19(24)22-13-11-21(12-14-22)17-7-4-3-5-8-17/h3-5,7-8,15H,6,9-14H2,1-2H3,(H,20,23). The maximum absolute atomic E-state index is 12.2. The van der Waals surface area contributed by atoms with Crippen LogP contribution in [0.25, 0.3) is 0 Å². The van der Waals surface area contributed by atoms with Crippen molar-refractivity contribution in [3.63, 3.8) is 0 Å². The molecule has 5 nitrogen and oxygen atoms in total. The first kappa shape index (κ1) is 18.0. The number of para-hydroxylation sites is 1. The number of nitrogens with one attached hydrogen (secondary N) is 1. The lowest BCUT2D eigenvalue weighted by atomic mass is 10.2. The average Bonchev–Trinajstić information content (AvgIpc) is 2.59. The maximum Gasteiger partial charge on any atom is 0.243 e. The molecule has 0 aromatic heterocycles. The molecule has 130 valence electrons. The van der Waals surface area contributed by atoms with Gasteiger partial charge in [-0.2, -0.15) is 0 Å². The fraction of sp³-hybridized carbons (Fsp3) is 0.474. The van der Waals surface area contributed by atoms with E-state index in [2.05, 4.69) is 22.3 Å². The van der Waals surface area contributed by atoms with Crippen LogP contribution in [0.3, 0.4) is 0 Å². The summed E-state index contributed by atoms with van der Waals surface area (Å²) in [6.45, 7) is 7.57. The molecule has 1 aliphatic rings.